The third-order valence-electron chi connectivity index (χ3n) is 7.32. The number of rotatable bonds is 2. The van der Waals surface area contributed by atoms with Crippen LogP contribution in [0.4, 0.5) is 11.4 Å². The van der Waals surface area contributed by atoms with E-state index in [1.807, 2.05) is 0 Å². The molecule has 1 aliphatic carbocycles. The summed E-state index contributed by atoms with van der Waals surface area (Å²) in [5, 5.41) is 4.93. The van der Waals surface area contributed by atoms with Gasteiger partial charge in [0, 0.05) is 33.0 Å². The number of nitrogens with zero attached hydrogens (tertiary/aromatic N) is 2. The van der Waals surface area contributed by atoms with Crippen molar-refractivity contribution in [3.05, 3.63) is 125 Å². The van der Waals surface area contributed by atoms with E-state index in [0.717, 1.165) is 28.4 Å². The molecule has 5 aromatic rings. The second-order valence-electron chi connectivity index (χ2n) is 10.3. The molecular formula is C35H33N2Ni-. The summed E-state index contributed by atoms with van der Waals surface area (Å²) >= 11 is 0. The van der Waals surface area contributed by atoms with Gasteiger partial charge in [0.05, 0.1) is 22.8 Å². The fraction of sp³-hybridized carbons (Fsp3) is 0.171. The molecule has 0 N–H and O–H groups in total. The zero-order chi connectivity index (χ0) is 25.1. The smallest absolute Gasteiger partial charge is 0.0985 e. The van der Waals surface area contributed by atoms with E-state index in [0.29, 0.717) is 0 Å². The molecule has 0 bridgehead atoms. The van der Waals surface area contributed by atoms with Gasteiger partial charge in [-0.15, -0.1) is 0 Å². The molecule has 0 heterocycles. The minimum Gasteiger partial charge on any atom is -0.358 e. The summed E-state index contributed by atoms with van der Waals surface area (Å²) < 4.78 is 0. The predicted octanol–water partition coefficient (Wildman–Crippen LogP) is 9.55. The zero-order valence-electron chi connectivity index (χ0n) is 23.1. The van der Waals surface area contributed by atoms with Gasteiger partial charge in [0.1, 0.15) is 0 Å². The summed E-state index contributed by atoms with van der Waals surface area (Å²) in [5.41, 5.74) is 13.6. The van der Waals surface area contributed by atoms with Crippen LogP contribution in [0, 0.1) is 49.0 Å². The van der Waals surface area contributed by atoms with Gasteiger partial charge in [-0.25, -0.2) is 9.98 Å². The van der Waals surface area contributed by atoms with Gasteiger partial charge in [0.2, 0.25) is 0 Å². The normalized spacial score (nSPS) is 14.3. The van der Waals surface area contributed by atoms with E-state index in [4.69, 9.17) is 9.98 Å². The summed E-state index contributed by atoms with van der Waals surface area (Å²) in [4.78, 5) is 10.8. The summed E-state index contributed by atoms with van der Waals surface area (Å²) in [7, 11) is 0. The predicted molar refractivity (Wildman–Crippen MR) is 162 cm³/mol. The number of hydrogen-bond donors (Lipinski definition) is 0. The second-order valence-corrected chi connectivity index (χ2v) is 10.3. The molecule has 0 spiro atoms. The van der Waals surface area contributed by atoms with E-state index in [9.17, 15) is 0 Å². The first-order chi connectivity index (χ1) is 17.3. The maximum absolute atomic E-state index is 5.43. The Hall–Kier alpha value is -3.55. The summed E-state index contributed by atoms with van der Waals surface area (Å²) in [6.45, 7) is 12.9. The van der Waals surface area contributed by atoms with E-state index in [1.54, 1.807) is 0 Å². The van der Waals surface area contributed by atoms with Gasteiger partial charge in [-0.1, -0.05) is 77.9 Å². The van der Waals surface area contributed by atoms with Crippen LogP contribution in [0.25, 0.3) is 21.5 Å². The van der Waals surface area contributed by atoms with Crippen LogP contribution in [-0.2, 0) is 16.5 Å². The molecule has 38 heavy (non-hydrogen) atoms. The van der Waals surface area contributed by atoms with Gasteiger partial charge < -0.3 is 7.43 Å². The van der Waals surface area contributed by atoms with Gasteiger partial charge in [0.15, 0.2) is 0 Å². The fourth-order valence-electron chi connectivity index (χ4n) is 5.95. The molecule has 0 saturated heterocycles. The maximum Gasteiger partial charge on any atom is 0.0985 e. The van der Waals surface area contributed by atoms with Crippen molar-refractivity contribution in [3.63, 3.8) is 0 Å². The molecule has 0 aliphatic heterocycles. The van der Waals surface area contributed by atoms with Crippen molar-refractivity contribution in [3.8, 4) is 0 Å². The molecule has 5 aromatic carbocycles. The zero-order valence-corrected chi connectivity index (χ0v) is 24.1. The Labute approximate surface area is 236 Å². The summed E-state index contributed by atoms with van der Waals surface area (Å²) in [6, 6.07) is 26.4. The van der Waals surface area contributed by atoms with E-state index >= 15 is 0 Å². The Kier molecular flexibility index (Phi) is 7.46. The molecule has 3 heteroatoms. The number of hydrogen-bond acceptors (Lipinski definition) is 2. The Morgan fingerprint density at radius 1 is 0.526 bits per heavy atom. The largest absolute Gasteiger partial charge is 0.358 e. The maximum atomic E-state index is 5.43. The summed E-state index contributed by atoms with van der Waals surface area (Å²) in [6.07, 6.45) is 0. The minimum absolute atomic E-state index is 0. The fourth-order valence-corrected chi connectivity index (χ4v) is 5.95. The molecule has 0 atom stereocenters. The minimum atomic E-state index is 0. The molecular weight excluding hydrogens is 507 g/mol. The Bertz CT molecular complexity index is 1740. The first kappa shape index (κ1) is 27.5. The van der Waals surface area contributed by atoms with Crippen molar-refractivity contribution in [2.45, 2.75) is 41.5 Å². The van der Waals surface area contributed by atoms with Crippen LogP contribution < -0.4 is 0 Å². The number of fused-ring (bicyclic) bond motifs is 2. The van der Waals surface area contributed by atoms with Crippen LogP contribution >= 0.6 is 0 Å². The Balaban J connectivity index is 0.00000168. The SMILES string of the molecule is Cc1cc(C)c(N=C2C(=Nc3c(C)cc(C)cc3C)c3c4ccccc4cc4cccc2c34)c(C)c1.[CH3-].[Ni]. The number of aryl methyl sites for hydroxylation is 6. The van der Waals surface area contributed by atoms with Gasteiger partial charge in [-0.3, -0.25) is 0 Å². The number of benzene rings is 5. The van der Waals surface area contributed by atoms with Crippen molar-refractivity contribution >= 4 is 44.3 Å². The van der Waals surface area contributed by atoms with E-state index < -0.39 is 0 Å². The van der Waals surface area contributed by atoms with Crippen LogP contribution in [-0.4, -0.2) is 11.4 Å². The van der Waals surface area contributed by atoms with E-state index in [1.165, 1.54) is 60.5 Å². The number of aliphatic imine (C=N–C) groups is 2. The Morgan fingerprint density at radius 3 is 1.61 bits per heavy atom. The molecule has 0 fully saturated rings. The summed E-state index contributed by atoms with van der Waals surface area (Å²) in [5.74, 6) is 0. The standard InChI is InChI=1S/C34H30N2.CH3.Ni/c1-19-14-21(3)31(22(4)15-19)35-33-28-13-9-11-26-18-25-10-7-8-12-27(25)30(29(26)28)34(33)36-32-23(5)16-20(2)17-24(32)6;;/h7-18H,1-6H3;1H3;/q;-1;. The third kappa shape index (κ3) is 4.40. The van der Waals surface area contributed by atoms with Gasteiger partial charge in [-0.2, -0.15) is 0 Å². The topological polar surface area (TPSA) is 24.7 Å². The van der Waals surface area contributed by atoms with Crippen LogP contribution in [0.2, 0.25) is 0 Å². The van der Waals surface area contributed by atoms with Gasteiger partial charge >= 0.3 is 0 Å². The van der Waals surface area contributed by atoms with Crippen LogP contribution in [0.5, 0.6) is 0 Å². The Morgan fingerprint density at radius 2 is 1.03 bits per heavy atom. The van der Waals surface area contributed by atoms with Crippen molar-refractivity contribution in [1.29, 1.82) is 0 Å². The average Bonchev–Trinajstić information content (AvgIpc) is 3.13. The molecule has 0 saturated carbocycles. The molecule has 2 nitrogen and oxygen atoms in total. The van der Waals surface area contributed by atoms with Crippen molar-refractivity contribution in [2.24, 2.45) is 9.98 Å². The van der Waals surface area contributed by atoms with Crippen LogP contribution in [0.1, 0.15) is 44.5 Å². The van der Waals surface area contributed by atoms with Gasteiger partial charge in [0.25, 0.3) is 0 Å². The van der Waals surface area contributed by atoms with Crippen LogP contribution in [0.3, 0.4) is 0 Å². The third-order valence-corrected chi connectivity index (χ3v) is 7.32. The van der Waals surface area contributed by atoms with Crippen molar-refractivity contribution in [1.82, 2.24) is 0 Å². The molecule has 0 unspecified atom stereocenters. The van der Waals surface area contributed by atoms with Gasteiger partial charge in [-0.05, 0) is 86.0 Å². The molecule has 0 aromatic heterocycles. The first-order valence-electron chi connectivity index (χ1n) is 12.6. The van der Waals surface area contributed by atoms with E-state index in [-0.39, 0.29) is 23.9 Å². The molecule has 0 amide bonds. The molecule has 6 rings (SSSR count). The van der Waals surface area contributed by atoms with E-state index in [2.05, 4.69) is 114 Å². The average molecular weight is 540 g/mol. The first-order valence-corrected chi connectivity index (χ1v) is 12.6. The van der Waals surface area contributed by atoms with Crippen LogP contribution in [0.15, 0.2) is 82.8 Å². The molecule has 0 radical (unpaired) electrons. The monoisotopic (exact) mass is 539 g/mol. The quantitative estimate of drug-likeness (QED) is 0.121. The van der Waals surface area contributed by atoms with Crippen molar-refractivity contribution in [2.75, 3.05) is 0 Å². The molecule has 1 aliphatic rings. The molecule has 194 valence electrons. The van der Waals surface area contributed by atoms with Crippen molar-refractivity contribution < 1.29 is 16.5 Å². The second kappa shape index (κ2) is 10.3.